The number of aryl methyl sites for hydroxylation is 2. The second-order valence-corrected chi connectivity index (χ2v) is 7.16. The molecule has 0 bridgehead atoms. The lowest BCUT2D eigenvalue weighted by Gasteiger charge is -2.15. The van der Waals surface area contributed by atoms with Gasteiger partial charge in [0.2, 0.25) is 0 Å². The van der Waals surface area contributed by atoms with Crippen LogP contribution >= 0.6 is 11.6 Å². The summed E-state index contributed by atoms with van der Waals surface area (Å²) in [5.41, 5.74) is 1.01. The monoisotopic (exact) mass is 422 g/mol. The van der Waals surface area contributed by atoms with Gasteiger partial charge in [0.05, 0.1) is 17.2 Å². The Kier molecular flexibility index (Phi) is 5.49. The highest BCUT2D eigenvalue weighted by Gasteiger charge is 2.32. The van der Waals surface area contributed by atoms with Gasteiger partial charge >= 0.3 is 6.18 Å². The fraction of sp³-hybridized carbons (Fsp3) is 0.300. The number of ketones is 1. The van der Waals surface area contributed by atoms with Gasteiger partial charge in [-0.3, -0.25) is 9.36 Å². The predicted molar refractivity (Wildman–Crippen MR) is 102 cm³/mol. The molecule has 3 aromatic heterocycles. The highest BCUT2D eigenvalue weighted by Crippen LogP contribution is 2.33. The van der Waals surface area contributed by atoms with Gasteiger partial charge in [-0.2, -0.15) is 13.2 Å². The molecule has 3 rings (SSSR count). The molecule has 0 N–H and O–H groups in total. The third-order valence-corrected chi connectivity index (χ3v) is 4.78. The summed E-state index contributed by atoms with van der Waals surface area (Å²) in [7, 11) is 0. The van der Waals surface area contributed by atoms with Gasteiger partial charge in [0, 0.05) is 17.6 Å². The smallest absolute Gasteiger partial charge is 0.299 e. The van der Waals surface area contributed by atoms with Crippen LogP contribution in [0.5, 0.6) is 0 Å². The van der Waals surface area contributed by atoms with Crippen LogP contribution in [0.4, 0.5) is 13.2 Å². The van der Waals surface area contributed by atoms with Crippen molar-refractivity contribution in [1.82, 2.24) is 19.5 Å². The Bertz CT molecular complexity index is 1090. The Morgan fingerprint density at radius 2 is 1.83 bits per heavy atom. The molecular weight excluding hydrogens is 405 g/mol. The molecule has 3 heterocycles. The minimum Gasteiger partial charge on any atom is -0.299 e. The van der Waals surface area contributed by atoms with Gasteiger partial charge in [-0.25, -0.2) is 15.0 Å². The van der Waals surface area contributed by atoms with Crippen molar-refractivity contribution in [3.8, 4) is 5.82 Å². The topological polar surface area (TPSA) is 60.7 Å². The van der Waals surface area contributed by atoms with Crippen molar-refractivity contribution in [3.05, 3.63) is 69.6 Å². The molecule has 152 valence electrons. The summed E-state index contributed by atoms with van der Waals surface area (Å²) in [6, 6.07) is 5.21. The van der Waals surface area contributed by atoms with E-state index >= 15 is 0 Å². The van der Waals surface area contributed by atoms with Gasteiger partial charge in [-0.05, 0) is 57.5 Å². The van der Waals surface area contributed by atoms with E-state index in [4.69, 9.17) is 11.6 Å². The number of hydrogen-bond donors (Lipinski definition) is 0. The van der Waals surface area contributed by atoms with Crippen LogP contribution < -0.4 is 0 Å². The molecule has 0 spiro atoms. The van der Waals surface area contributed by atoms with E-state index in [9.17, 15) is 18.0 Å². The van der Waals surface area contributed by atoms with Gasteiger partial charge in [-0.1, -0.05) is 11.6 Å². The number of rotatable bonds is 4. The van der Waals surface area contributed by atoms with Crippen LogP contribution in [0.1, 0.15) is 46.9 Å². The number of aromatic nitrogens is 4. The number of alkyl halides is 3. The first-order valence-electron chi connectivity index (χ1n) is 8.73. The molecule has 1 unspecified atom stereocenters. The van der Waals surface area contributed by atoms with Gasteiger partial charge in [0.25, 0.3) is 0 Å². The lowest BCUT2D eigenvalue weighted by atomic mass is 9.92. The van der Waals surface area contributed by atoms with E-state index in [2.05, 4.69) is 15.0 Å². The van der Waals surface area contributed by atoms with Crippen molar-refractivity contribution in [2.24, 2.45) is 0 Å². The molecule has 1 atom stereocenters. The maximum atomic E-state index is 13.2. The Morgan fingerprint density at radius 3 is 2.41 bits per heavy atom. The zero-order valence-corrected chi connectivity index (χ0v) is 16.9. The normalized spacial score (nSPS) is 12.8. The number of pyridine rings is 2. The maximum absolute atomic E-state index is 13.2. The average molecular weight is 423 g/mol. The summed E-state index contributed by atoms with van der Waals surface area (Å²) in [4.78, 5) is 25.1. The van der Waals surface area contributed by atoms with E-state index < -0.39 is 17.7 Å². The lowest BCUT2D eigenvalue weighted by Crippen LogP contribution is -2.13. The number of carbonyl (C=O) groups is 1. The van der Waals surface area contributed by atoms with Crippen LogP contribution in [0.2, 0.25) is 5.15 Å². The van der Waals surface area contributed by atoms with Crippen LogP contribution in [0.3, 0.4) is 0 Å². The number of Topliss-reactive ketones (excluding diaryl/α,β-unsaturated/α-hetero) is 1. The van der Waals surface area contributed by atoms with Crippen LogP contribution in [-0.2, 0) is 11.0 Å². The SMILES string of the molecule is CC(=O)C(c1ccnc(Cl)c1)c1nc(C)n(-c2cc(C(F)(F)F)cc(C)n2)c1C. The molecule has 0 fully saturated rings. The summed E-state index contributed by atoms with van der Waals surface area (Å²) >= 11 is 5.97. The third kappa shape index (κ3) is 4.17. The van der Waals surface area contributed by atoms with Gasteiger partial charge in [0.15, 0.2) is 0 Å². The molecule has 29 heavy (non-hydrogen) atoms. The first-order valence-corrected chi connectivity index (χ1v) is 9.11. The van der Waals surface area contributed by atoms with E-state index in [1.54, 1.807) is 26.0 Å². The summed E-state index contributed by atoms with van der Waals surface area (Å²) in [5, 5.41) is 0.234. The molecule has 0 saturated carbocycles. The zero-order chi connectivity index (χ0) is 21.5. The number of halogens is 4. The standard InChI is InChI=1S/C20H18ClF3N4O/c1-10-7-15(20(22,23)24)9-17(26-10)28-11(2)19(27-13(28)4)18(12(3)29)14-5-6-25-16(21)8-14/h5-9,18H,1-4H3. The Labute approximate surface area is 170 Å². The first kappa shape index (κ1) is 21.0. The number of hydrogen-bond acceptors (Lipinski definition) is 4. The molecule has 9 heteroatoms. The minimum atomic E-state index is -4.50. The highest BCUT2D eigenvalue weighted by molar-refractivity contribution is 6.29. The van der Waals surface area contributed by atoms with Crippen LogP contribution in [-0.4, -0.2) is 25.3 Å². The number of nitrogens with zero attached hydrogens (tertiary/aromatic N) is 4. The predicted octanol–water partition coefficient (Wildman–Crippen LogP) is 4.98. The third-order valence-electron chi connectivity index (χ3n) is 4.57. The van der Waals surface area contributed by atoms with Crippen molar-refractivity contribution in [2.75, 3.05) is 0 Å². The molecular formula is C20H18ClF3N4O. The minimum absolute atomic E-state index is 0.0983. The molecule has 0 aromatic carbocycles. The zero-order valence-electron chi connectivity index (χ0n) is 16.2. The van der Waals surface area contributed by atoms with Crippen molar-refractivity contribution < 1.29 is 18.0 Å². The Balaban J connectivity index is 2.19. The molecule has 0 amide bonds. The van der Waals surface area contributed by atoms with Gasteiger partial charge < -0.3 is 0 Å². The van der Waals surface area contributed by atoms with Crippen molar-refractivity contribution in [2.45, 2.75) is 39.8 Å². The quantitative estimate of drug-likeness (QED) is 0.556. The van der Waals surface area contributed by atoms with Crippen LogP contribution in [0, 0.1) is 20.8 Å². The number of carbonyl (C=O) groups excluding carboxylic acids is 1. The molecule has 0 aliphatic carbocycles. The fourth-order valence-corrected chi connectivity index (χ4v) is 3.57. The Hall–Kier alpha value is -2.74. The second-order valence-electron chi connectivity index (χ2n) is 6.77. The maximum Gasteiger partial charge on any atom is 0.416 e. The molecule has 0 aliphatic heterocycles. The van der Waals surface area contributed by atoms with E-state index in [1.807, 2.05) is 0 Å². The summed E-state index contributed by atoms with van der Waals surface area (Å²) in [6.07, 6.45) is -3.01. The van der Waals surface area contributed by atoms with Gasteiger partial charge in [-0.15, -0.1) is 0 Å². The van der Waals surface area contributed by atoms with Crippen molar-refractivity contribution in [1.29, 1.82) is 0 Å². The number of imidazole rings is 1. The fourth-order valence-electron chi connectivity index (χ4n) is 3.38. The average Bonchev–Trinajstić information content (AvgIpc) is 2.88. The van der Waals surface area contributed by atoms with Crippen molar-refractivity contribution in [3.63, 3.8) is 0 Å². The first-order chi connectivity index (χ1) is 13.5. The van der Waals surface area contributed by atoms with Crippen LogP contribution in [0.25, 0.3) is 5.82 Å². The van der Waals surface area contributed by atoms with Crippen LogP contribution in [0.15, 0.2) is 30.5 Å². The second kappa shape index (κ2) is 7.59. The molecule has 0 radical (unpaired) electrons. The van der Waals surface area contributed by atoms with E-state index in [-0.39, 0.29) is 22.4 Å². The van der Waals surface area contributed by atoms with Gasteiger partial charge in [0.1, 0.15) is 22.6 Å². The molecule has 0 aliphatic rings. The van der Waals surface area contributed by atoms with E-state index in [1.165, 1.54) is 24.6 Å². The highest BCUT2D eigenvalue weighted by atomic mass is 35.5. The summed E-state index contributed by atoms with van der Waals surface area (Å²) in [6.45, 7) is 6.29. The molecule has 0 saturated heterocycles. The summed E-state index contributed by atoms with van der Waals surface area (Å²) < 4.78 is 41.3. The van der Waals surface area contributed by atoms with Crippen molar-refractivity contribution >= 4 is 17.4 Å². The Morgan fingerprint density at radius 1 is 1.14 bits per heavy atom. The molecule has 3 aromatic rings. The lowest BCUT2D eigenvalue weighted by molar-refractivity contribution is -0.137. The van der Waals surface area contributed by atoms with E-state index in [0.29, 0.717) is 22.8 Å². The van der Waals surface area contributed by atoms with E-state index in [0.717, 1.165) is 12.1 Å². The molecule has 5 nitrogen and oxygen atoms in total. The largest absolute Gasteiger partial charge is 0.416 e. The summed E-state index contributed by atoms with van der Waals surface area (Å²) in [5.74, 6) is -0.369.